The molecule has 0 amide bonds. The van der Waals surface area contributed by atoms with Crippen LogP contribution in [-0.4, -0.2) is 10.2 Å². The Hall–Kier alpha value is -1.58. The Morgan fingerprint density at radius 2 is 2.33 bits per heavy atom. The first-order valence-electron chi connectivity index (χ1n) is 3.76. The van der Waals surface area contributed by atoms with Gasteiger partial charge < -0.3 is 8.83 Å². The normalized spacial score (nSPS) is 10.4. The maximum Gasteiger partial charge on any atom is 0.283 e. The largest absolute Gasteiger partial charge is 0.459 e. The third kappa shape index (κ3) is 1.11. The van der Waals surface area contributed by atoms with Crippen LogP contribution in [0.25, 0.3) is 11.7 Å². The maximum atomic E-state index is 5.26. The van der Waals surface area contributed by atoms with Crippen LogP contribution in [0.5, 0.6) is 0 Å². The summed E-state index contributed by atoms with van der Waals surface area (Å²) in [5.41, 5.74) is 0. The third-order valence-corrected chi connectivity index (χ3v) is 1.50. The summed E-state index contributed by atoms with van der Waals surface area (Å²) in [6.07, 6.45) is 2.32. The number of aromatic nitrogens is 2. The second-order valence-electron chi connectivity index (χ2n) is 2.33. The van der Waals surface area contributed by atoms with Gasteiger partial charge in [0.05, 0.1) is 6.26 Å². The molecule has 12 heavy (non-hydrogen) atoms. The lowest BCUT2D eigenvalue weighted by Crippen LogP contribution is -1.76. The monoisotopic (exact) mass is 164 g/mol. The second-order valence-corrected chi connectivity index (χ2v) is 2.33. The molecule has 0 radical (unpaired) electrons. The molecule has 0 spiro atoms. The Morgan fingerprint density at radius 3 is 2.92 bits per heavy atom. The molecule has 2 rings (SSSR count). The number of hydrogen-bond donors (Lipinski definition) is 0. The van der Waals surface area contributed by atoms with E-state index >= 15 is 0 Å². The Labute approximate surface area is 69.2 Å². The summed E-state index contributed by atoms with van der Waals surface area (Å²) in [4.78, 5) is 0. The van der Waals surface area contributed by atoms with Crippen LogP contribution in [0.2, 0.25) is 0 Å². The van der Waals surface area contributed by atoms with Crippen molar-refractivity contribution in [2.45, 2.75) is 13.3 Å². The minimum absolute atomic E-state index is 0.442. The van der Waals surface area contributed by atoms with Crippen molar-refractivity contribution in [1.29, 1.82) is 0 Å². The summed E-state index contributed by atoms with van der Waals surface area (Å²) < 4.78 is 10.3. The molecule has 2 heterocycles. The molecule has 62 valence electrons. The smallest absolute Gasteiger partial charge is 0.283 e. The van der Waals surface area contributed by atoms with Gasteiger partial charge in [-0.2, -0.15) is 0 Å². The summed E-state index contributed by atoms with van der Waals surface area (Å²) in [5.74, 6) is 1.68. The molecule has 0 aliphatic rings. The Morgan fingerprint density at radius 1 is 1.42 bits per heavy atom. The molecule has 4 heteroatoms. The highest BCUT2D eigenvalue weighted by molar-refractivity contribution is 5.42. The van der Waals surface area contributed by atoms with Crippen molar-refractivity contribution in [2.75, 3.05) is 0 Å². The second kappa shape index (κ2) is 2.81. The number of rotatable bonds is 2. The van der Waals surface area contributed by atoms with Crippen molar-refractivity contribution in [3.63, 3.8) is 0 Å². The third-order valence-electron chi connectivity index (χ3n) is 1.50. The van der Waals surface area contributed by atoms with Crippen LogP contribution >= 0.6 is 0 Å². The molecule has 0 N–H and O–H groups in total. The average molecular weight is 164 g/mol. The van der Waals surface area contributed by atoms with Gasteiger partial charge in [-0.1, -0.05) is 6.92 Å². The van der Waals surface area contributed by atoms with Crippen LogP contribution in [0.3, 0.4) is 0 Å². The minimum atomic E-state index is 0.442. The summed E-state index contributed by atoms with van der Waals surface area (Å²) in [5, 5.41) is 7.63. The number of nitrogens with zero attached hydrogens (tertiary/aromatic N) is 2. The van der Waals surface area contributed by atoms with E-state index in [2.05, 4.69) is 10.2 Å². The SMILES string of the molecule is CCc1nnc(-c2ccco2)o1. The topological polar surface area (TPSA) is 52.1 Å². The first-order valence-corrected chi connectivity index (χ1v) is 3.76. The highest BCUT2D eigenvalue weighted by Crippen LogP contribution is 2.17. The fraction of sp³-hybridized carbons (Fsp3) is 0.250. The molecule has 0 aliphatic heterocycles. The van der Waals surface area contributed by atoms with Crippen LogP contribution < -0.4 is 0 Å². The van der Waals surface area contributed by atoms with E-state index in [1.807, 2.05) is 6.92 Å². The standard InChI is InChI=1S/C8H8N2O2/c1-2-7-9-10-8(12-7)6-4-3-5-11-6/h3-5H,2H2,1H3. The molecular formula is C8H8N2O2. The lowest BCUT2D eigenvalue weighted by molar-refractivity contribution is 0.484. The molecule has 0 aliphatic carbocycles. The fourth-order valence-corrected chi connectivity index (χ4v) is 0.896. The van der Waals surface area contributed by atoms with Gasteiger partial charge in [0.15, 0.2) is 5.76 Å². The van der Waals surface area contributed by atoms with Crippen molar-refractivity contribution in [3.8, 4) is 11.7 Å². The van der Waals surface area contributed by atoms with Gasteiger partial charge in [0, 0.05) is 6.42 Å². The van der Waals surface area contributed by atoms with Gasteiger partial charge in [0.1, 0.15) is 0 Å². The van der Waals surface area contributed by atoms with Crippen molar-refractivity contribution in [3.05, 3.63) is 24.3 Å². The summed E-state index contributed by atoms with van der Waals surface area (Å²) in [6, 6.07) is 3.57. The molecule has 0 saturated heterocycles. The first-order chi connectivity index (χ1) is 5.90. The first kappa shape index (κ1) is 7.09. The van der Waals surface area contributed by atoms with Gasteiger partial charge in [-0.15, -0.1) is 10.2 Å². The van der Waals surface area contributed by atoms with E-state index in [0.717, 1.165) is 6.42 Å². The van der Waals surface area contributed by atoms with E-state index in [-0.39, 0.29) is 0 Å². The van der Waals surface area contributed by atoms with Gasteiger partial charge >= 0.3 is 0 Å². The van der Waals surface area contributed by atoms with Crippen LogP contribution in [0.15, 0.2) is 27.2 Å². The Kier molecular flexibility index (Phi) is 1.66. The zero-order chi connectivity index (χ0) is 8.39. The van der Waals surface area contributed by atoms with Gasteiger partial charge in [-0.3, -0.25) is 0 Å². The van der Waals surface area contributed by atoms with Crippen molar-refractivity contribution < 1.29 is 8.83 Å². The van der Waals surface area contributed by atoms with Crippen molar-refractivity contribution in [2.24, 2.45) is 0 Å². The Balaban J connectivity index is 2.35. The molecule has 0 bridgehead atoms. The van der Waals surface area contributed by atoms with E-state index < -0.39 is 0 Å². The number of hydrogen-bond acceptors (Lipinski definition) is 4. The van der Waals surface area contributed by atoms with E-state index in [1.165, 1.54) is 0 Å². The predicted octanol–water partition coefficient (Wildman–Crippen LogP) is 1.89. The molecule has 0 saturated carbocycles. The quantitative estimate of drug-likeness (QED) is 0.680. The highest BCUT2D eigenvalue weighted by atomic mass is 16.4. The molecule has 4 nitrogen and oxygen atoms in total. The summed E-state index contributed by atoms with van der Waals surface area (Å²) in [6.45, 7) is 1.96. The molecule has 0 unspecified atom stereocenters. The summed E-state index contributed by atoms with van der Waals surface area (Å²) >= 11 is 0. The average Bonchev–Trinajstić information content (AvgIpc) is 2.75. The van der Waals surface area contributed by atoms with Crippen LogP contribution in [-0.2, 0) is 6.42 Å². The fourth-order valence-electron chi connectivity index (χ4n) is 0.896. The van der Waals surface area contributed by atoms with Crippen molar-refractivity contribution in [1.82, 2.24) is 10.2 Å². The maximum absolute atomic E-state index is 5.26. The number of furan rings is 1. The highest BCUT2D eigenvalue weighted by Gasteiger charge is 2.08. The number of aryl methyl sites for hydroxylation is 1. The summed E-state index contributed by atoms with van der Waals surface area (Å²) in [7, 11) is 0. The van der Waals surface area contributed by atoms with Gasteiger partial charge in [0.25, 0.3) is 5.89 Å². The molecule has 2 aromatic heterocycles. The molecule has 0 fully saturated rings. The predicted molar refractivity (Wildman–Crippen MR) is 41.4 cm³/mol. The lowest BCUT2D eigenvalue weighted by atomic mass is 10.4. The molecular weight excluding hydrogens is 156 g/mol. The Bertz CT molecular complexity index is 351. The minimum Gasteiger partial charge on any atom is -0.459 e. The van der Waals surface area contributed by atoms with Crippen LogP contribution in [0, 0.1) is 0 Å². The van der Waals surface area contributed by atoms with Gasteiger partial charge in [-0.05, 0) is 12.1 Å². The van der Waals surface area contributed by atoms with Gasteiger partial charge in [0.2, 0.25) is 5.89 Å². The zero-order valence-corrected chi connectivity index (χ0v) is 6.65. The molecule has 2 aromatic rings. The molecule has 0 atom stereocenters. The van der Waals surface area contributed by atoms with E-state index in [0.29, 0.717) is 17.5 Å². The zero-order valence-electron chi connectivity index (χ0n) is 6.65. The lowest BCUT2D eigenvalue weighted by Gasteiger charge is -1.84. The molecule has 0 aromatic carbocycles. The van der Waals surface area contributed by atoms with E-state index in [9.17, 15) is 0 Å². The van der Waals surface area contributed by atoms with Gasteiger partial charge in [-0.25, -0.2) is 0 Å². The van der Waals surface area contributed by atoms with Crippen molar-refractivity contribution >= 4 is 0 Å². The van der Waals surface area contributed by atoms with E-state index in [4.69, 9.17) is 8.83 Å². The van der Waals surface area contributed by atoms with E-state index in [1.54, 1.807) is 18.4 Å². The van der Waals surface area contributed by atoms with Crippen LogP contribution in [0.4, 0.5) is 0 Å². The van der Waals surface area contributed by atoms with Crippen LogP contribution in [0.1, 0.15) is 12.8 Å².